The average molecular weight is 349 g/mol. The molecule has 0 atom stereocenters. The highest BCUT2D eigenvalue weighted by Gasteiger charge is 2.09. The summed E-state index contributed by atoms with van der Waals surface area (Å²) in [4.78, 5) is 23.7. The number of carbonyl (C=O) groups excluding carboxylic acids is 2. The minimum absolute atomic E-state index is 0.391. The summed E-state index contributed by atoms with van der Waals surface area (Å²) in [5.41, 5.74) is 5.59. The number of ether oxygens (including phenoxy) is 1. The fourth-order valence-electron chi connectivity index (χ4n) is 1.63. The van der Waals surface area contributed by atoms with Crippen LogP contribution in [0, 0.1) is 0 Å². The van der Waals surface area contributed by atoms with Crippen LogP contribution in [0.1, 0.15) is 20.7 Å². The SMILES string of the molecule is COc1ccc(C(=O)NNC(=O)c2cccc(Br)c2)cc1. The Morgan fingerprint density at radius 2 is 1.57 bits per heavy atom. The second-order valence-electron chi connectivity index (χ2n) is 4.15. The quantitative estimate of drug-likeness (QED) is 0.837. The molecule has 2 aromatic rings. The van der Waals surface area contributed by atoms with Gasteiger partial charge in [-0.25, -0.2) is 0 Å². The van der Waals surface area contributed by atoms with E-state index in [1.165, 1.54) is 0 Å². The summed E-state index contributed by atoms with van der Waals surface area (Å²) < 4.78 is 5.80. The van der Waals surface area contributed by atoms with Crippen molar-refractivity contribution in [1.82, 2.24) is 10.9 Å². The summed E-state index contributed by atoms with van der Waals surface area (Å²) in [5, 5.41) is 0. The van der Waals surface area contributed by atoms with Crippen molar-refractivity contribution in [3.8, 4) is 5.75 Å². The van der Waals surface area contributed by atoms with Gasteiger partial charge in [-0.05, 0) is 42.5 Å². The molecule has 2 amide bonds. The largest absolute Gasteiger partial charge is 0.497 e. The Morgan fingerprint density at radius 3 is 2.14 bits per heavy atom. The van der Waals surface area contributed by atoms with Crippen LogP contribution in [0.15, 0.2) is 53.0 Å². The molecule has 0 aliphatic rings. The van der Waals surface area contributed by atoms with Gasteiger partial charge in [0, 0.05) is 15.6 Å². The second kappa shape index (κ2) is 6.90. The number of amides is 2. The van der Waals surface area contributed by atoms with E-state index in [4.69, 9.17) is 4.74 Å². The van der Waals surface area contributed by atoms with Crippen molar-refractivity contribution in [3.63, 3.8) is 0 Å². The van der Waals surface area contributed by atoms with Crippen LogP contribution in [0.3, 0.4) is 0 Å². The molecule has 0 heterocycles. The third-order valence-electron chi connectivity index (χ3n) is 2.73. The van der Waals surface area contributed by atoms with E-state index in [1.807, 2.05) is 6.07 Å². The summed E-state index contributed by atoms with van der Waals surface area (Å²) >= 11 is 3.28. The summed E-state index contributed by atoms with van der Waals surface area (Å²) in [6, 6.07) is 13.4. The maximum absolute atomic E-state index is 11.9. The van der Waals surface area contributed by atoms with Gasteiger partial charge in [-0.3, -0.25) is 20.4 Å². The Labute approximate surface area is 130 Å². The predicted molar refractivity (Wildman–Crippen MR) is 82.1 cm³/mol. The Hall–Kier alpha value is -2.34. The topological polar surface area (TPSA) is 67.4 Å². The molecule has 0 aliphatic carbocycles. The summed E-state index contributed by atoms with van der Waals surface area (Å²) in [7, 11) is 1.55. The number of benzene rings is 2. The van der Waals surface area contributed by atoms with Crippen molar-refractivity contribution in [2.75, 3.05) is 7.11 Å². The second-order valence-corrected chi connectivity index (χ2v) is 5.06. The molecule has 2 aromatic carbocycles. The van der Waals surface area contributed by atoms with E-state index in [0.29, 0.717) is 16.9 Å². The molecular weight excluding hydrogens is 336 g/mol. The van der Waals surface area contributed by atoms with Gasteiger partial charge < -0.3 is 4.74 Å². The van der Waals surface area contributed by atoms with E-state index in [9.17, 15) is 9.59 Å². The van der Waals surface area contributed by atoms with Gasteiger partial charge in [0.05, 0.1) is 7.11 Å². The molecule has 21 heavy (non-hydrogen) atoms. The molecular formula is C15H13BrN2O3. The molecule has 2 rings (SSSR count). The maximum atomic E-state index is 11.9. The Kier molecular flexibility index (Phi) is 4.94. The normalized spacial score (nSPS) is 9.81. The minimum Gasteiger partial charge on any atom is -0.497 e. The van der Waals surface area contributed by atoms with E-state index in [0.717, 1.165) is 4.47 Å². The molecule has 0 fully saturated rings. The first-order chi connectivity index (χ1) is 10.1. The van der Waals surface area contributed by atoms with Gasteiger partial charge in [0.1, 0.15) is 5.75 Å². The van der Waals surface area contributed by atoms with Crippen molar-refractivity contribution >= 4 is 27.7 Å². The number of hydrogen-bond donors (Lipinski definition) is 2. The molecule has 0 radical (unpaired) electrons. The minimum atomic E-state index is -0.402. The molecule has 0 unspecified atom stereocenters. The Morgan fingerprint density at radius 1 is 0.952 bits per heavy atom. The fourth-order valence-corrected chi connectivity index (χ4v) is 2.03. The molecule has 0 saturated heterocycles. The molecule has 2 N–H and O–H groups in total. The van der Waals surface area contributed by atoms with Crippen LogP contribution in [-0.4, -0.2) is 18.9 Å². The molecule has 5 nitrogen and oxygen atoms in total. The number of hydrazine groups is 1. The van der Waals surface area contributed by atoms with Crippen LogP contribution in [0.4, 0.5) is 0 Å². The lowest BCUT2D eigenvalue weighted by atomic mass is 10.2. The number of halogens is 1. The van der Waals surface area contributed by atoms with E-state index in [-0.39, 0.29) is 0 Å². The van der Waals surface area contributed by atoms with Crippen LogP contribution >= 0.6 is 15.9 Å². The smallest absolute Gasteiger partial charge is 0.269 e. The van der Waals surface area contributed by atoms with Gasteiger partial charge in [0.15, 0.2) is 0 Å². The van der Waals surface area contributed by atoms with Crippen LogP contribution in [0.25, 0.3) is 0 Å². The molecule has 0 saturated carbocycles. The zero-order chi connectivity index (χ0) is 15.2. The standard InChI is InChI=1S/C15H13BrN2O3/c1-21-13-7-5-10(6-8-13)14(19)17-18-15(20)11-3-2-4-12(16)9-11/h2-9H,1H3,(H,17,19)(H,18,20). The number of carbonyl (C=O) groups is 2. The highest BCUT2D eigenvalue weighted by Crippen LogP contribution is 2.12. The van der Waals surface area contributed by atoms with Crippen LogP contribution in [-0.2, 0) is 0 Å². The van der Waals surface area contributed by atoms with E-state index >= 15 is 0 Å². The third-order valence-corrected chi connectivity index (χ3v) is 3.22. The van der Waals surface area contributed by atoms with Crippen molar-refractivity contribution in [2.45, 2.75) is 0 Å². The zero-order valence-electron chi connectivity index (χ0n) is 11.2. The van der Waals surface area contributed by atoms with E-state index in [2.05, 4.69) is 26.8 Å². The van der Waals surface area contributed by atoms with Gasteiger partial charge in [0.25, 0.3) is 11.8 Å². The Bertz CT molecular complexity index is 656. The van der Waals surface area contributed by atoms with Crippen LogP contribution in [0.2, 0.25) is 0 Å². The number of hydrogen-bond acceptors (Lipinski definition) is 3. The average Bonchev–Trinajstić information content (AvgIpc) is 2.52. The van der Waals surface area contributed by atoms with Crippen molar-refractivity contribution < 1.29 is 14.3 Å². The van der Waals surface area contributed by atoms with Crippen LogP contribution < -0.4 is 15.6 Å². The van der Waals surface area contributed by atoms with Gasteiger partial charge in [-0.1, -0.05) is 22.0 Å². The highest BCUT2D eigenvalue weighted by molar-refractivity contribution is 9.10. The first-order valence-electron chi connectivity index (χ1n) is 6.10. The predicted octanol–water partition coefficient (Wildman–Crippen LogP) is 2.53. The van der Waals surface area contributed by atoms with Gasteiger partial charge in [-0.2, -0.15) is 0 Å². The number of nitrogens with one attached hydrogen (secondary N) is 2. The zero-order valence-corrected chi connectivity index (χ0v) is 12.8. The number of rotatable bonds is 3. The molecule has 108 valence electrons. The third kappa shape index (κ3) is 4.06. The lowest BCUT2D eigenvalue weighted by Gasteiger charge is -2.08. The lowest BCUT2D eigenvalue weighted by Crippen LogP contribution is -2.41. The summed E-state index contributed by atoms with van der Waals surface area (Å²) in [6.45, 7) is 0. The first kappa shape index (κ1) is 15.1. The monoisotopic (exact) mass is 348 g/mol. The van der Waals surface area contributed by atoms with Crippen LogP contribution in [0.5, 0.6) is 5.75 Å². The summed E-state index contributed by atoms with van der Waals surface area (Å²) in [6.07, 6.45) is 0. The molecule has 6 heteroatoms. The lowest BCUT2D eigenvalue weighted by molar-refractivity contribution is 0.0846. The van der Waals surface area contributed by atoms with Gasteiger partial charge >= 0.3 is 0 Å². The van der Waals surface area contributed by atoms with Crippen molar-refractivity contribution in [1.29, 1.82) is 0 Å². The molecule has 0 aromatic heterocycles. The van der Waals surface area contributed by atoms with Crippen molar-refractivity contribution in [2.24, 2.45) is 0 Å². The maximum Gasteiger partial charge on any atom is 0.269 e. The van der Waals surface area contributed by atoms with Gasteiger partial charge in [0.2, 0.25) is 0 Å². The molecule has 0 spiro atoms. The summed E-state index contributed by atoms with van der Waals surface area (Å²) in [5.74, 6) is -0.135. The van der Waals surface area contributed by atoms with E-state index in [1.54, 1.807) is 49.6 Å². The first-order valence-corrected chi connectivity index (χ1v) is 6.90. The molecule has 0 aliphatic heterocycles. The highest BCUT2D eigenvalue weighted by atomic mass is 79.9. The number of methoxy groups -OCH3 is 1. The molecule has 0 bridgehead atoms. The van der Waals surface area contributed by atoms with Gasteiger partial charge in [-0.15, -0.1) is 0 Å². The van der Waals surface area contributed by atoms with E-state index < -0.39 is 11.8 Å². The van der Waals surface area contributed by atoms with Crippen molar-refractivity contribution in [3.05, 3.63) is 64.1 Å². The Balaban J connectivity index is 1.95. The fraction of sp³-hybridized carbons (Fsp3) is 0.0667.